The van der Waals surface area contributed by atoms with Gasteiger partial charge in [0.1, 0.15) is 0 Å². The third kappa shape index (κ3) is 4.20. The van der Waals surface area contributed by atoms with Crippen molar-refractivity contribution in [3.63, 3.8) is 0 Å². The maximum Gasteiger partial charge on any atom is 0.220 e. The van der Waals surface area contributed by atoms with Gasteiger partial charge < -0.3 is 5.32 Å². The predicted octanol–water partition coefficient (Wildman–Crippen LogP) is 4.42. The van der Waals surface area contributed by atoms with Gasteiger partial charge in [0.2, 0.25) is 5.91 Å². The zero-order valence-corrected chi connectivity index (χ0v) is 13.9. The topological polar surface area (TPSA) is 29.1 Å². The normalized spacial score (nSPS) is 12.0. The molecule has 2 aromatic carbocycles. The minimum atomic E-state index is 0.0495. The monoisotopic (exact) mass is 295 g/mol. The van der Waals surface area contributed by atoms with Crippen molar-refractivity contribution in [3.8, 4) is 0 Å². The second-order valence-electron chi connectivity index (χ2n) is 6.06. The molecule has 116 valence electrons. The maximum atomic E-state index is 12.2. The summed E-state index contributed by atoms with van der Waals surface area (Å²) in [6.45, 7) is 8.33. The van der Waals surface area contributed by atoms with E-state index in [1.54, 1.807) is 0 Å². The number of aryl methyl sites for hydroxylation is 4. The first-order valence-corrected chi connectivity index (χ1v) is 7.88. The Morgan fingerprint density at radius 2 is 1.73 bits per heavy atom. The average molecular weight is 295 g/mol. The van der Waals surface area contributed by atoms with E-state index in [4.69, 9.17) is 0 Å². The van der Waals surface area contributed by atoms with Crippen LogP contribution >= 0.6 is 0 Å². The fourth-order valence-electron chi connectivity index (χ4n) is 2.68. The minimum Gasteiger partial charge on any atom is -0.350 e. The summed E-state index contributed by atoms with van der Waals surface area (Å²) < 4.78 is 0. The smallest absolute Gasteiger partial charge is 0.220 e. The third-order valence-electron chi connectivity index (χ3n) is 4.24. The SMILES string of the molecule is Cc1ccc(CCC(=O)NC(C)c2ccccc2C)cc1C. The molecule has 0 aliphatic heterocycles. The van der Waals surface area contributed by atoms with Crippen molar-refractivity contribution in [2.75, 3.05) is 0 Å². The summed E-state index contributed by atoms with van der Waals surface area (Å²) >= 11 is 0. The Kier molecular flexibility index (Phi) is 5.37. The number of amides is 1. The summed E-state index contributed by atoms with van der Waals surface area (Å²) in [6, 6.07) is 14.6. The van der Waals surface area contributed by atoms with Crippen LogP contribution in [0.15, 0.2) is 42.5 Å². The minimum absolute atomic E-state index is 0.0495. The van der Waals surface area contributed by atoms with E-state index in [1.807, 2.05) is 19.1 Å². The van der Waals surface area contributed by atoms with E-state index in [1.165, 1.54) is 27.8 Å². The van der Waals surface area contributed by atoms with Crippen molar-refractivity contribution in [1.82, 2.24) is 5.32 Å². The summed E-state index contributed by atoms with van der Waals surface area (Å²) in [6.07, 6.45) is 1.31. The van der Waals surface area contributed by atoms with E-state index < -0.39 is 0 Å². The molecule has 0 heterocycles. The highest BCUT2D eigenvalue weighted by molar-refractivity contribution is 5.76. The molecule has 1 N–H and O–H groups in total. The first kappa shape index (κ1) is 16.3. The molecule has 22 heavy (non-hydrogen) atoms. The first-order chi connectivity index (χ1) is 10.5. The van der Waals surface area contributed by atoms with Crippen molar-refractivity contribution in [2.24, 2.45) is 0 Å². The Balaban J connectivity index is 1.90. The Labute approximate surface area is 133 Å². The second-order valence-corrected chi connectivity index (χ2v) is 6.06. The van der Waals surface area contributed by atoms with Crippen LogP contribution in [0.2, 0.25) is 0 Å². The summed E-state index contributed by atoms with van der Waals surface area (Å²) in [7, 11) is 0. The van der Waals surface area contributed by atoms with Crippen molar-refractivity contribution in [3.05, 3.63) is 70.3 Å². The van der Waals surface area contributed by atoms with Gasteiger partial charge in [0.25, 0.3) is 0 Å². The molecule has 2 heteroatoms. The van der Waals surface area contributed by atoms with Gasteiger partial charge in [-0.25, -0.2) is 0 Å². The summed E-state index contributed by atoms with van der Waals surface area (Å²) in [4.78, 5) is 12.2. The van der Waals surface area contributed by atoms with Crippen LogP contribution in [-0.2, 0) is 11.2 Å². The van der Waals surface area contributed by atoms with Crippen molar-refractivity contribution in [2.45, 2.75) is 46.6 Å². The molecule has 0 bridgehead atoms. The van der Waals surface area contributed by atoms with Gasteiger partial charge >= 0.3 is 0 Å². The van der Waals surface area contributed by atoms with E-state index in [-0.39, 0.29) is 11.9 Å². The molecule has 2 aromatic rings. The van der Waals surface area contributed by atoms with E-state index in [9.17, 15) is 4.79 Å². The molecule has 0 aliphatic carbocycles. The molecule has 2 nitrogen and oxygen atoms in total. The van der Waals surface area contributed by atoms with Gasteiger partial charge in [-0.15, -0.1) is 0 Å². The van der Waals surface area contributed by atoms with Crippen LogP contribution in [0.1, 0.15) is 47.2 Å². The molecule has 0 fully saturated rings. The van der Waals surface area contributed by atoms with Gasteiger partial charge in [0.15, 0.2) is 0 Å². The van der Waals surface area contributed by atoms with Gasteiger partial charge in [-0.1, -0.05) is 42.5 Å². The Bertz CT molecular complexity index is 661. The van der Waals surface area contributed by atoms with Crippen molar-refractivity contribution >= 4 is 5.91 Å². The van der Waals surface area contributed by atoms with E-state index >= 15 is 0 Å². The van der Waals surface area contributed by atoms with Crippen molar-refractivity contribution in [1.29, 1.82) is 0 Å². The highest BCUT2D eigenvalue weighted by atomic mass is 16.1. The molecule has 0 aliphatic rings. The molecule has 1 amide bonds. The van der Waals surface area contributed by atoms with E-state index in [2.05, 4.69) is 56.4 Å². The molecular weight excluding hydrogens is 270 g/mol. The van der Waals surface area contributed by atoms with Crippen LogP contribution in [-0.4, -0.2) is 5.91 Å². The number of nitrogens with one attached hydrogen (secondary N) is 1. The zero-order chi connectivity index (χ0) is 16.1. The standard InChI is InChI=1S/C20H25NO/c1-14-9-10-18(13-16(14)3)11-12-20(22)21-17(4)19-8-6-5-7-15(19)2/h5-10,13,17H,11-12H2,1-4H3,(H,21,22). The number of carbonyl (C=O) groups excluding carboxylic acids is 1. The summed E-state index contributed by atoms with van der Waals surface area (Å²) in [5.41, 5.74) is 6.20. The first-order valence-electron chi connectivity index (χ1n) is 7.88. The van der Waals surface area contributed by atoms with Crippen LogP contribution in [0, 0.1) is 20.8 Å². The fraction of sp³-hybridized carbons (Fsp3) is 0.350. The third-order valence-corrected chi connectivity index (χ3v) is 4.24. The van der Waals surface area contributed by atoms with Crippen LogP contribution in [0.5, 0.6) is 0 Å². The molecule has 1 atom stereocenters. The molecule has 0 saturated heterocycles. The lowest BCUT2D eigenvalue weighted by Crippen LogP contribution is -2.27. The van der Waals surface area contributed by atoms with Gasteiger partial charge in [-0.2, -0.15) is 0 Å². The highest BCUT2D eigenvalue weighted by Crippen LogP contribution is 2.17. The largest absolute Gasteiger partial charge is 0.350 e. The molecule has 0 saturated carbocycles. The number of hydrogen-bond acceptors (Lipinski definition) is 1. The second kappa shape index (κ2) is 7.26. The zero-order valence-electron chi connectivity index (χ0n) is 13.9. The van der Waals surface area contributed by atoms with Crippen LogP contribution in [0.4, 0.5) is 0 Å². The number of rotatable bonds is 5. The average Bonchev–Trinajstić information content (AvgIpc) is 2.49. The van der Waals surface area contributed by atoms with Gasteiger partial charge in [-0.3, -0.25) is 4.79 Å². The predicted molar refractivity (Wildman–Crippen MR) is 92.0 cm³/mol. The quantitative estimate of drug-likeness (QED) is 0.869. The van der Waals surface area contributed by atoms with E-state index in [0.717, 1.165) is 6.42 Å². The van der Waals surface area contributed by atoms with Crippen LogP contribution in [0.25, 0.3) is 0 Å². The van der Waals surface area contributed by atoms with Gasteiger partial charge in [0.05, 0.1) is 6.04 Å². The highest BCUT2D eigenvalue weighted by Gasteiger charge is 2.11. The molecule has 2 rings (SSSR count). The van der Waals surface area contributed by atoms with E-state index in [0.29, 0.717) is 6.42 Å². The maximum absolute atomic E-state index is 12.2. The lowest BCUT2D eigenvalue weighted by atomic mass is 10.0. The van der Waals surface area contributed by atoms with Gasteiger partial charge in [0, 0.05) is 6.42 Å². The lowest BCUT2D eigenvalue weighted by Gasteiger charge is -2.16. The molecule has 0 spiro atoms. The molecule has 0 aromatic heterocycles. The molecule has 1 unspecified atom stereocenters. The van der Waals surface area contributed by atoms with Crippen molar-refractivity contribution < 1.29 is 4.79 Å². The summed E-state index contributed by atoms with van der Waals surface area (Å²) in [5.74, 6) is 0.106. The lowest BCUT2D eigenvalue weighted by molar-refractivity contribution is -0.121. The van der Waals surface area contributed by atoms with Crippen LogP contribution < -0.4 is 5.32 Å². The molecule has 0 radical (unpaired) electrons. The Morgan fingerprint density at radius 3 is 2.41 bits per heavy atom. The fourth-order valence-corrected chi connectivity index (χ4v) is 2.68. The molecular formula is C20H25NO. The van der Waals surface area contributed by atoms with Gasteiger partial charge in [-0.05, 0) is 61.9 Å². The number of hydrogen-bond donors (Lipinski definition) is 1. The summed E-state index contributed by atoms with van der Waals surface area (Å²) in [5, 5.41) is 3.09. The number of benzene rings is 2. The van der Waals surface area contributed by atoms with Crippen LogP contribution in [0.3, 0.4) is 0 Å². The number of carbonyl (C=O) groups is 1. The Morgan fingerprint density at radius 1 is 1.00 bits per heavy atom. The Hall–Kier alpha value is -2.09.